The summed E-state index contributed by atoms with van der Waals surface area (Å²) in [4.78, 5) is 43.0. The summed E-state index contributed by atoms with van der Waals surface area (Å²) in [7, 11) is 0. The molecule has 1 aromatic carbocycles. The summed E-state index contributed by atoms with van der Waals surface area (Å²) in [5, 5.41) is 0. The first-order valence-corrected chi connectivity index (χ1v) is 12.0. The molecule has 0 radical (unpaired) electrons. The van der Waals surface area contributed by atoms with Gasteiger partial charge in [0.2, 0.25) is 11.8 Å². The van der Waals surface area contributed by atoms with Gasteiger partial charge in [-0.3, -0.25) is 9.59 Å². The molecule has 2 amide bonds. The number of carbonyl (C=O) groups excluding carboxylic acids is 2. The minimum atomic E-state index is -0.272. The number of piperazine rings is 1. The van der Waals surface area contributed by atoms with Crippen LogP contribution >= 0.6 is 0 Å². The third kappa shape index (κ3) is 4.38. The fraction of sp³-hybridized carbons (Fsp3) is 0.520. The topological polar surface area (TPSA) is 72.9 Å². The van der Waals surface area contributed by atoms with Gasteiger partial charge in [0.15, 0.2) is 0 Å². The van der Waals surface area contributed by atoms with E-state index in [4.69, 9.17) is 0 Å². The molecule has 0 N–H and O–H groups in total. The van der Waals surface area contributed by atoms with E-state index in [1.165, 1.54) is 18.4 Å². The second-order valence-corrected chi connectivity index (χ2v) is 9.41. The van der Waals surface area contributed by atoms with Crippen molar-refractivity contribution in [2.75, 3.05) is 60.5 Å². The monoisotopic (exact) mass is 448 g/mol. The van der Waals surface area contributed by atoms with E-state index in [0.29, 0.717) is 19.6 Å². The van der Waals surface area contributed by atoms with Crippen molar-refractivity contribution >= 4 is 29.1 Å². The number of amides is 2. The van der Waals surface area contributed by atoms with Gasteiger partial charge in [-0.15, -0.1) is 0 Å². The van der Waals surface area contributed by atoms with E-state index in [1.54, 1.807) is 11.2 Å². The standard InChI is InChI=1S/C25H32N6O2/c1-18-5-6-21(13-19(18)2)31-16-20(14-24(31)32)25(33)30-11-9-29(10-12-30)23-15-22(26-17-27-23)28-7-3-4-8-28/h5-6,13,15,17,20H,3-4,7-12,14,16H2,1-2H3/t20-/m0/s1. The molecule has 5 rings (SSSR count). The van der Waals surface area contributed by atoms with Crippen molar-refractivity contribution in [2.24, 2.45) is 5.92 Å². The zero-order valence-corrected chi connectivity index (χ0v) is 19.5. The number of rotatable bonds is 4. The van der Waals surface area contributed by atoms with E-state index in [9.17, 15) is 9.59 Å². The minimum absolute atomic E-state index is 0.0330. The molecule has 3 fully saturated rings. The Kier molecular flexibility index (Phi) is 5.91. The van der Waals surface area contributed by atoms with E-state index < -0.39 is 0 Å². The third-order valence-electron chi connectivity index (χ3n) is 7.26. The molecular formula is C25H32N6O2. The molecule has 3 aliphatic heterocycles. The van der Waals surface area contributed by atoms with Crippen LogP contribution in [0.5, 0.6) is 0 Å². The molecule has 0 unspecified atom stereocenters. The van der Waals surface area contributed by atoms with Crippen LogP contribution in [0.1, 0.15) is 30.4 Å². The zero-order chi connectivity index (χ0) is 22.9. The van der Waals surface area contributed by atoms with Gasteiger partial charge in [-0.25, -0.2) is 9.97 Å². The predicted octanol–water partition coefficient (Wildman–Crippen LogP) is 2.40. The fourth-order valence-corrected chi connectivity index (χ4v) is 5.06. The Hall–Kier alpha value is -3.16. The maximum Gasteiger partial charge on any atom is 0.228 e. The molecule has 4 heterocycles. The van der Waals surface area contributed by atoms with Gasteiger partial charge in [0.25, 0.3) is 0 Å². The molecule has 0 saturated carbocycles. The first-order valence-electron chi connectivity index (χ1n) is 12.0. The highest BCUT2D eigenvalue weighted by atomic mass is 16.2. The van der Waals surface area contributed by atoms with Crippen LogP contribution in [0, 0.1) is 19.8 Å². The van der Waals surface area contributed by atoms with Crippen molar-refractivity contribution in [2.45, 2.75) is 33.1 Å². The lowest BCUT2D eigenvalue weighted by Gasteiger charge is -2.36. The Bertz CT molecular complexity index is 1040. The number of anilines is 3. The molecule has 2 aromatic rings. The molecule has 1 atom stereocenters. The molecule has 3 aliphatic rings. The number of nitrogens with zero attached hydrogens (tertiary/aromatic N) is 6. The minimum Gasteiger partial charge on any atom is -0.356 e. The molecular weight excluding hydrogens is 416 g/mol. The summed E-state index contributed by atoms with van der Waals surface area (Å²) in [5.41, 5.74) is 3.25. The average molecular weight is 449 g/mol. The van der Waals surface area contributed by atoms with E-state index in [-0.39, 0.29) is 24.2 Å². The van der Waals surface area contributed by atoms with Crippen LogP contribution in [0.4, 0.5) is 17.3 Å². The molecule has 8 nitrogen and oxygen atoms in total. The van der Waals surface area contributed by atoms with Crippen LogP contribution in [0.15, 0.2) is 30.6 Å². The highest BCUT2D eigenvalue weighted by Crippen LogP contribution is 2.29. The van der Waals surface area contributed by atoms with Crippen molar-refractivity contribution in [3.05, 3.63) is 41.7 Å². The Morgan fingerprint density at radius 3 is 2.21 bits per heavy atom. The second kappa shape index (κ2) is 9.00. The van der Waals surface area contributed by atoms with Crippen molar-refractivity contribution in [1.82, 2.24) is 14.9 Å². The Labute approximate surface area is 195 Å². The first kappa shape index (κ1) is 21.7. The summed E-state index contributed by atoms with van der Waals surface area (Å²) in [6, 6.07) is 8.12. The van der Waals surface area contributed by atoms with Crippen molar-refractivity contribution in [1.29, 1.82) is 0 Å². The van der Waals surface area contributed by atoms with E-state index in [1.807, 2.05) is 30.0 Å². The number of carbonyl (C=O) groups is 2. The van der Waals surface area contributed by atoms with Gasteiger partial charge < -0.3 is 19.6 Å². The maximum absolute atomic E-state index is 13.2. The molecule has 3 saturated heterocycles. The van der Waals surface area contributed by atoms with E-state index >= 15 is 0 Å². The van der Waals surface area contributed by atoms with Crippen LogP contribution in [0.2, 0.25) is 0 Å². The van der Waals surface area contributed by atoms with Crippen LogP contribution in [-0.4, -0.2) is 72.5 Å². The number of hydrogen-bond acceptors (Lipinski definition) is 6. The highest BCUT2D eigenvalue weighted by Gasteiger charge is 2.38. The normalized spacial score (nSPS) is 21.3. The fourth-order valence-electron chi connectivity index (χ4n) is 5.06. The van der Waals surface area contributed by atoms with Crippen molar-refractivity contribution < 1.29 is 9.59 Å². The van der Waals surface area contributed by atoms with Crippen LogP contribution in [-0.2, 0) is 9.59 Å². The van der Waals surface area contributed by atoms with E-state index in [2.05, 4.69) is 32.8 Å². The smallest absolute Gasteiger partial charge is 0.228 e. The molecule has 0 spiro atoms. The highest BCUT2D eigenvalue weighted by molar-refractivity contribution is 6.00. The van der Waals surface area contributed by atoms with Crippen molar-refractivity contribution in [3.63, 3.8) is 0 Å². The molecule has 0 aliphatic carbocycles. The molecule has 0 bridgehead atoms. The lowest BCUT2D eigenvalue weighted by molar-refractivity contribution is -0.136. The molecule has 174 valence electrons. The van der Waals surface area contributed by atoms with Crippen LogP contribution in [0.25, 0.3) is 0 Å². The number of aromatic nitrogens is 2. The van der Waals surface area contributed by atoms with Gasteiger partial charge in [-0.2, -0.15) is 0 Å². The number of hydrogen-bond donors (Lipinski definition) is 0. The summed E-state index contributed by atoms with van der Waals surface area (Å²) < 4.78 is 0. The number of aryl methyl sites for hydroxylation is 2. The van der Waals surface area contributed by atoms with Gasteiger partial charge >= 0.3 is 0 Å². The van der Waals surface area contributed by atoms with Crippen LogP contribution < -0.4 is 14.7 Å². The van der Waals surface area contributed by atoms with Gasteiger partial charge in [-0.05, 0) is 49.9 Å². The van der Waals surface area contributed by atoms with E-state index in [0.717, 1.165) is 49.1 Å². The summed E-state index contributed by atoms with van der Waals surface area (Å²) in [6.07, 6.45) is 4.36. The molecule has 33 heavy (non-hydrogen) atoms. The lowest BCUT2D eigenvalue weighted by atomic mass is 10.1. The zero-order valence-electron chi connectivity index (χ0n) is 19.5. The second-order valence-electron chi connectivity index (χ2n) is 9.41. The third-order valence-corrected chi connectivity index (χ3v) is 7.26. The SMILES string of the molecule is Cc1ccc(N2C[C@@H](C(=O)N3CCN(c4cc(N5CCCC5)ncn4)CC3)CC2=O)cc1C. The number of benzene rings is 1. The van der Waals surface area contributed by atoms with Gasteiger partial charge in [0.1, 0.15) is 18.0 Å². The molecule has 8 heteroatoms. The van der Waals surface area contributed by atoms with Gasteiger partial charge in [0, 0.05) is 64.0 Å². The maximum atomic E-state index is 13.2. The lowest BCUT2D eigenvalue weighted by Crippen LogP contribution is -2.51. The Balaban J connectivity index is 1.19. The molecule has 1 aromatic heterocycles. The Morgan fingerprint density at radius 1 is 0.879 bits per heavy atom. The summed E-state index contributed by atoms with van der Waals surface area (Å²) >= 11 is 0. The predicted molar refractivity (Wildman–Crippen MR) is 129 cm³/mol. The average Bonchev–Trinajstić information content (AvgIpc) is 3.51. The Morgan fingerprint density at radius 2 is 1.55 bits per heavy atom. The summed E-state index contributed by atoms with van der Waals surface area (Å²) in [6.45, 7) is 9.46. The van der Waals surface area contributed by atoms with Gasteiger partial charge in [0.05, 0.1) is 5.92 Å². The first-order chi connectivity index (χ1) is 16.0. The van der Waals surface area contributed by atoms with Crippen LogP contribution in [0.3, 0.4) is 0 Å². The quantitative estimate of drug-likeness (QED) is 0.715. The van der Waals surface area contributed by atoms with Gasteiger partial charge in [-0.1, -0.05) is 6.07 Å². The summed E-state index contributed by atoms with van der Waals surface area (Å²) in [5.74, 6) is 1.77. The van der Waals surface area contributed by atoms with Crippen molar-refractivity contribution in [3.8, 4) is 0 Å². The largest absolute Gasteiger partial charge is 0.356 e.